The van der Waals surface area contributed by atoms with Crippen LogP contribution in [-0.4, -0.2) is 9.55 Å². The van der Waals surface area contributed by atoms with Crippen LogP contribution in [0.25, 0.3) is 10.9 Å². The van der Waals surface area contributed by atoms with E-state index in [1.54, 1.807) is 11.6 Å². The summed E-state index contributed by atoms with van der Waals surface area (Å²) in [6, 6.07) is 12.3. The maximum atomic E-state index is 12.9. The third kappa shape index (κ3) is 2.35. The van der Waals surface area contributed by atoms with E-state index in [9.17, 15) is 4.79 Å². The molecule has 3 aromatic rings. The third-order valence-corrected chi connectivity index (χ3v) is 5.16. The SMILES string of the molecule is CCc1cc(Br)cc2c(=O)n(C)c(N3Cc4ccccc4C3)nc12. The summed E-state index contributed by atoms with van der Waals surface area (Å²) < 4.78 is 2.59. The van der Waals surface area contributed by atoms with Gasteiger partial charge in [-0.15, -0.1) is 0 Å². The van der Waals surface area contributed by atoms with Crippen molar-refractivity contribution in [1.29, 1.82) is 0 Å². The fourth-order valence-corrected chi connectivity index (χ4v) is 3.93. The molecule has 5 heteroatoms. The van der Waals surface area contributed by atoms with E-state index in [-0.39, 0.29) is 5.56 Å². The van der Waals surface area contributed by atoms with E-state index >= 15 is 0 Å². The van der Waals surface area contributed by atoms with Crippen LogP contribution in [0.4, 0.5) is 5.95 Å². The predicted molar refractivity (Wildman–Crippen MR) is 100 cm³/mol. The van der Waals surface area contributed by atoms with Gasteiger partial charge in [-0.05, 0) is 35.2 Å². The van der Waals surface area contributed by atoms with Crippen molar-refractivity contribution in [2.45, 2.75) is 26.4 Å². The second-order valence-corrected chi connectivity index (χ2v) is 7.13. The molecule has 0 radical (unpaired) electrons. The number of hydrogen-bond acceptors (Lipinski definition) is 3. The maximum Gasteiger partial charge on any atom is 0.262 e. The second-order valence-electron chi connectivity index (χ2n) is 6.22. The first-order chi connectivity index (χ1) is 11.6. The van der Waals surface area contributed by atoms with Crippen LogP contribution in [0.5, 0.6) is 0 Å². The number of aryl methyl sites for hydroxylation is 1. The highest BCUT2D eigenvalue weighted by Gasteiger charge is 2.23. The van der Waals surface area contributed by atoms with Crippen molar-refractivity contribution in [2.75, 3.05) is 4.90 Å². The molecule has 1 aliphatic rings. The van der Waals surface area contributed by atoms with E-state index in [1.165, 1.54) is 11.1 Å². The highest BCUT2D eigenvalue weighted by molar-refractivity contribution is 9.10. The Morgan fingerprint density at radius 2 is 1.83 bits per heavy atom. The Bertz CT molecular complexity index is 984. The Balaban J connectivity index is 1.90. The Morgan fingerprint density at radius 3 is 2.46 bits per heavy atom. The quantitative estimate of drug-likeness (QED) is 0.675. The largest absolute Gasteiger partial charge is 0.333 e. The molecule has 0 atom stereocenters. The van der Waals surface area contributed by atoms with E-state index in [0.717, 1.165) is 41.0 Å². The zero-order valence-electron chi connectivity index (χ0n) is 13.7. The minimum absolute atomic E-state index is 0.00181. The summed E-state index contributed by atoms with van der Waals surface area (Å²) in [6.45, 7) is 3.67. The molecule has 0 spiro atoms. The van der Waals surface area contributed by atoms with Crippen molar-refractivity contribution in [3.05, 3.63) is 67.9 Å². The third-order valence-electron chi connectivity index (χ3n) is 4.71. The minimum atomic E-state index is 0.00181. The number of benzene rings is 2. The molecule has 24 heavy (non-hydrogen) atoms. The molecule has 2 aromatic carbocycles. The molecule has 4 nitrogen and oxygen atoms in total. The summed E-state index contributed by atoms with van der Waals surface area (Å²) in [7, 11) is 1.81. The molecule has 1 aromatic heterocycles. The highest BCUT2D eigenvalue weighted by atomic mass is 79.9. The number of halogens is 1. The monoisotopic (exact) mass is 383 g/mol. The van der Waals surface area contributed by atoms with E-state index in [0.29, 0.717) is 5.39 Å². The summed E-state index contributed by atoms with van der Waals surface area (Å²) in [5.74, 6) is 0.737. The molecule has 0 amide bonds. The van der Waals surface area contributed by atoms with Crippen molar-refractivity contribution >= 4 is 32.8 Å². The smallest absolute Gasteiger partial charge is 0.262 e. The molecule has 0 fully saturated rings. The first kappa shape index (κ1) is 15.4. The van der Waals surface area contributed by atoms with Crippen molar-refractivity contribution in [3.63, 3.8) is 0 Å². The molecule has 4 rings (SSSR count). The second kappa shape index (κ2) is 5.74. The first-order valence-corrected chi connectivity index (χ1v) is 8.88. The van der Waals surface area contributed by atoms with Gasteiger partial charge in [0, 0.05) is 24.6 Å². The van der Waals surface area contributed by atoms with Gasteiger partial charge < -0.3 is 4.90 Å². The van der Waals surface area contributed by atoms with Gasteiger partial charge in [0.1, 0.15) is 0 Å². The van der Waals surface area contributed by atoms with Gasteiger partial charge in [0.25, 0.3) is 5.56 Å². The van der Waals surface area contributed by atoms with Crippen LogP contribution in [0.2, 0.25) is 0 Å². The standard InChI is InChI=1S/C19H18BrN3O/c1-3-12-8-15(20)9-16-17(12)21-19(22(2)18(16)24)23-10-13-6-4-5-7-14(13)11-23/h4-9H,3,10-11H2,1-2H3. The van der Waals surface area contributed by atoms with Crippen LogP contribution >= 0.6 is 15.9 Å². The van der Waals surface area contributed by atoms with Gasteiger partial charge in [-0.1, -0.05) is 47.1 Å². The topological polar surface area (TPSA) is 38.1 Å². The molecule has 0 saturated carbocycles. The van der Waals surface area contributed by atoms with Gasteiger partial charge in [-0.2, -0.15) is 0 Å². The predicted octanol–water partition coefficient (Wildman–Crippen LogP) is 3.78. The number of anilines is 1. The van der Waals surface area contributed by atoms with Gasteiger partial charge in [0.05, 0.1) is 10.9 Å². The fourth-order valence-electron chi connectivity index (χ4n) is 3.42. The van der Waals surface area contributed by atoms with Crippen molar-refractivity contribution in [1.82, 2.24) is 9.55 Å². The molecule has 0 bridgehead atoms. The number of aromatic nitrogens is 2. The van der Waals surface area contributed by atoms with Crippen LogP contribution in [0.15, 0.2) is 45.7 Å². The van der Waals surface area contributed by atoms with Crippen LogP contribution in [-0.2, 0) is 26.6 Å². The average molecular weight is 384 g/mol. The van der Waals surface area contributed by atoms with Crippen molar-refractivity contribution < 1.29 is 0 Å². The molecule has 122 valence electrons. The van der Waals surface area contributed by atoms with Crippen molar-refractivity contribution in [3.8, 4) is 0 Å². The van der Waals surface area contributed by atoms with E-state index < -0.39 is 0 Å². The van der Waals surface area contributed by atoms with Gasteiger partial charge in [-0.3, -0.25) is 9.36 Å². The molecule has 0 saturated heterocycles. The Hall–Kier alpha value is -2.14. The van der Waals surface area contributed by atoms with E-state index in [2.05, 4.69) is 58.1 Å². The first-order valence-electron chi connectivity index (χ1n) is 8.09. The summed E-state index contributed by atoms with van der Waals surface area (Å²) in [6.07, 6.45) is 0.843. The molecule has 2 heterocycles. The zero-order chi connectivity index (χ0) is 16.8. The van der Waals surface area contributed by atoms with Gasteiger partial charge in [0.2, 0.25) is 5.95 Å². The lowest BCUT2D eigenvalue weighted by Gasteiger charge is -2.20. The summed E-state index contributed by atoms with van der Waals surface area (Å²) in [4.78, 5) is 19.9. The maximum absolute atomic E-state index is 12.9. The number of nitrogens with zero attached hydrogens (tertiary/aromatic N) is 3. The summed E-state index contributed by atoms with van der Waals surface area (Å²) >= 11 is 3.50. The Labute approximate surface area is 148 Å². The number of rotatable bonds is 2. The molecule has 0 unspecified atom stereocenters. The minimum Gasteiger partial charge on any atom is -0.333 e. The van der Waals surface area contributed by atoms with Gasteiger partial charge in [0.15, 0.2) is 0 Å². The van der Waals surface area contributed by atoms with Gasteiger partial charge >= 0.3 is 0 Å². The Kier molecular flexibility index (Phi) is 3.68. The lowest BCUT2D eigenvalue weighted by molar-refractivity contribution is 0.744. The lowest BCUT2D eigenvalue weighted by atomic mass is 10.1. The molecule has 0 N–H and O–H groups in total. The number of fused-ring (bicyclic) bond motifs is 2. The Morgan fingerprint density at radius 1 is 1.17 bits per heavy atom. The summed E-state index contributed by atoms with van der Waals surface area (Å²) in [5, 5.41) is 0.671. The average Bonchev–Trinajstić information content (AvgIpc) is 3.01. The molecular formula is C19H18BrN3O. The van der Waals surface area contributed by atoms with E-state index in [4.69, 9.17) is 4.98 Å². The van der Waals surface area contributed by atoms with Crippen LogP contribution in [0, 0.1) is 0 Å². The van der Waals surface area contributed by atoms with Crippen molar-refractivity contribution in [2.24, 2.45) is 7.05 Å². The number of hydrogen-bond donors (Lipinski definition) is 0. The van der Waals surface area contributed by atoms with Crippen LogP contribution < -0.4 is 10.5 Å². The lowest BCUT2D eigenvalue weighted by Crippen LogP contribution is -2.28. The van der Waals surface area contributed by atoms with Crippen LogP contribution in [0.3, 0.4) is 0 Å². The van der Waals surface area contributed by atoms with Crippen LogP contribution in [0.1, 0.15) is 23.6 Å². The zero-order valence-corrected chi connectivity index (χ0v) is 15.3. The summed E-state index contributed by atoms with van der Waals surface area (Å²) in [5.41, 5.74) is 4.52. The van der Waals surface area contributed by atoms with E-state index in [1.807, 2.05) is 6.07 Å². The highest BCUT2D eigenvalue weighted by Crippen LogP contribution is 2.28. The molecule has 0 aliphatic carbocycles. The normalized spacial score (nSPS) is 13.5. The molecular weight excluding hydrogens is 366 g/mol. The van der Waals surface area contributed by atoms with Gasteiger partial charge in [-0.25, -0.2) is 4.98 Å². The molecule has 1 aliphatic heterocycles. The fraction of sp³-hybridized carbons (Fsp3) is 0.263.